The number of hydrogen-bond acceptors (Lipinski definition) is 6. The molecule has 5 rings (SSSR count). The van der Waals surface area contributed by atoms with E-state index in [1.807, 2.05) is 55.5 Å². The van der Waals surface area contributed by atoms with Gasteiger partial charge in [0.2, 0.25) is 0 Å². The predicted molar refractivity (Wildman–Crippen MR) is 127 cm³/mol. The Balaban J connectivity index is 1.24. The molecule has 0 radical (unpaired) electrons. The van der Waals surface area contributed by atoms with Crippen molar-refractivity contribution in [2.75, 3.05) is 0 Å². The van der Waals surface area contributed by atoms with E-state index < -0.39 is 0 Å². The van der Waals surface area contributed by atoms with Crippen molar-refractivity contribution in [2.45, 2.75) is 32.4 Å². The first kappa shape index (κ1) is 21.2. The van der Waals surface area contributed by atoms with Crippen molar-refractivity contribution in [2.24, 2.45) is 0 Å². The number of thiazole rings is 1. The summed E-state index contributed by atoms with van der Waals surface area (Å²) in [7, 11) is 0. The lowest BCUT2D eigenvalue weighted by Gasteiger charge is -2.26. The quantitative estimate of drug-likeness (QED) is 0.406. The Labute approximate surface area is 196 Å². The summed E-state index contributed by atoms with van der Waals surface area (Å²) in [6.45, 7) is 2.25. The summed E-state index contributed by atoms with van der Waals surface area (Å²) < 4.78 is 12.2. The Morgan fingerprint density at radius 1 is 1.15 bits per heavy atom. The number of ether oxygens (including phenoxy) is 2. The van der Waals surface area contributed by atoms with Crippen molar-refractivity contribution in [3.8, 4) is 16.7 Å². The van der Waals surface area contributed by atoms with Crippen LogP contribution in [0.25, 0.3) is 0 Å². The van der Waals surface area contributed by atoms with E-state index >= 15 is 0 Å². The summed E-state index contributed by atoms with van der Waals surface area (Å²) in [4.78, 5) is 21.6. The van der Waals surface area contributed by atoms with E-state index in [0.29, 0.717) is 28.1 Å². The Morgan fingerprint density at radius 3 is 2.79 bits per heavy atom. The monoisotopic (exact) mass is 457 g/mol. The minimum absolute atomic E-state index is 0.0697. The number of rotatable bonds is 6. The lowest BCUT2D eigenvalue weighted by Crippen LogP contribution is -2.22. The standard InChI is InChI=1S/C26H23N3O3S/c1-17-24(25(30)28-16-18-11-13-27-14-12-18)33-26(29-17)31-21-8-10-23-20(15-21)7-9-22(32-23)19-5-3-2-4-6-19/h2-6,8,10-15,22H,7,9,16H2,1H3,(H,28,30). The Kier molecular flexibility index (Phi) is 6.04. The number of pyridine rings is 1. The first-order valence-electron chi connectivity index (χ1n) is 10.8. The molecule has 0 spiro atoms. The van der Waals surface area contributed by atoms with Crippen LogP contribution in [0.15, 0.2) is 73.1 Å². The number of carbonyl (C=O) groups excluding carboxylic acids is 1. The lowest BCUT2D eigenvalue weighted by molar-refractivity contribution is 0.0954. The molecular formula is C26H23N3O3S. The average molecular weight is 458 g/mol. The molecule has 6 nitrogen and oxygen atoms in total. The molecule has 166 valence electrons. The maximum absolute atomic E-state index is 12.6. The molecule has 0 fully saturated rings. The van der Waals surface area contributed by atoms with Gasteiger partial charge < -0.3 is 14.8 Å². The highest BCUT2D eigenvalue weighted by Gasteiger charge is 2.22. The van der Waals surface area contributed by atoms with Crippen LogP contribution in [0.2, 0.25) is 0 Å². The first-order valence-corrected chi connectivity index (χ1v) is 11.6. The van der Waals surface area contributed by atoms with Gasteiger partial charge in [-0.05, 0) is 66.8 Å². The molecule has 1 aliphatic heterocycles. The Bertz CT molecular complexity index is 1260. The number of amides is 1. The van der Waals surface area contributed by atoms with Gasteiger partial charge in [-0.2, -0.15) is 0 Å². The van der Waals surface area contributed by atoms with Gasteiger partial charge in [-0.15, -0.1) is 0 Å². The average Bonchev–Trinajstić information content (AvgIpc) is 3.23. The fourth-order valence-electron chi connectivity index (χ4n) is 3.82. The smallest absolute Gasteiger partial charge is 0.279 e. The van der Waals surface area contributed by atoms with Crippen LogP contribution >= 0.6 is 11.3 Å². The number of carbonyl (C=O) groups is 1. The summed E-state index contributed by atoms with van der Waals surface area (Å²) in [5.74, 6) is 1.41. The van der Waals surface area contributed by atoms with Crippen LogP contribution in [0.4, 0.5) is 0 Å². The molecule has 0 bridgehead atoms. The van der Waals surface area contributed by atoms with Gasteiger partial charge >= 0.3 is 0 Å². The van der Waals surface area contributed by atoms with Gasteiger partial charge in [-0.1, -0.05) is 41.7 Å². The third kappa shape index (κ3) is 4.88. The molecule has 1 amide bonds. The molecule has 2 aromatic carbocycles. The third-order valence-electron chi connectivity index (χ3n) is 5.54. The van der Waals surface area contributed by atoms with Crippen LogP contribution in [-0.2, 0) is 13.0 Å². The van der Waals surface area contributed by atoms with Crippen LogP contribution in [0.5, 0.6) is 16.7 Å². The van der Waals surface area contributed by atoms with Gasteiger partial charge in [0.05, 0.1) is 5.69 Å². The molecule has 1 aliphatic rings. The van der Waals surface area contributed by atoms with Crippen molar-refractivity contribution in [3.63, 3.8) is 0 Å². The second kappa shape index (κ2) is 9.42. The highest BCUT2D eigenvalue weighted by atomic mass is 32.1. The SMILES string of the molecule is Cc1nc(Oc2ccc3c(c2)CCC(c2ccccc2)O3)sc1C(=O)NCc1ccncc1. The summed E-state index contributed by atoms with van der Waals surface area (Å²) in [6.07, 6.45) is 5.30. The molecule has 4 aromatic rings. The van der Waals surface area contributed by atoms with E-state index in [1.54, 1.807) is 12.4 Å². The normalized spacial score (nSPS) is 14.8. The predicted octanol–water partition coefficient (Wildman–Crippen LogP) is 5.64. The molecule has 1 atom stereocenters. The zero-order valence-electron chi connectivity index (χ0n) is 18.2. The van der Waals surface area contributed by atoms with Gasteiger partial charge in [0.1, 0.15) is 22.5 Å². The number of benzene rings is 2. The number of nitrogens with one attached hydrogen (secondary N) is 1. The van der Waals surface area contributed by atoms with E-state index in [9.17, 15) is 4.79 Å². The van der Waals surface area contributed by atoms with Gasteiger partial charge in [0.15, 0.2) is 0 Å². The van der Waals surface area contributed by atoms with Crippen LogP contribution in [0.1, 0.15) is 44.6 Å². The zero-order valence-corrected chi connectivity index (χ0v) is 19.0. The molecule has 33 heavy (non-hydrogen) atoms. The van der Waals surface area contributed by atoms with Crippen LogP contribution in [0, 0.1) is 6.92 Å². The fourth-order valence-corrected chi connectivity index (χ4v) is 4.67. The van der Waals surface area contributed by atoms with E-state index in [1.165, 1.54) is 16.9 Å². The number of nitrogens with zero attached hydrogens (tertiary/aromatic N) is 2. The van der Waals surface area contributed by atoms with Crippen molar-refractivity contribution in [1.82, 2.24) is 15.3 Å². The second-order valence-electron chi connectivity index (χ2n) is 7.86. The van der Waals surface area contributed by atoms with Crippen molar-refractivity contribution >= 4 is 17.2 Å². The van der Waals surface area contributed by atoms with E-state index in [4.69, 9.17) is 9.47 Å². The largest absolute Gasteiger partial charge is 0.485 e. The Morgan fingerprint density at radius 2 is 1.97 bits per heavy atom. The molecule has 3 heterocycles. The third-order valence-corrected chi connectivity index (χ3v) is 6.57. The maximum Gasteiger partial charge on any atom is 0.279 e. The molecule has 1 N–H and O–H groups in total. The molecule has 0 saturated heterocycles. The summed E-state index contributed by atoms with van der Waals surface area (Å²) >= 11 is 1.24. The number of aryl methyl sites for hydroxylation is 2. The zero-order chi connectivity index (χ0) is 22.6. The highest BCUT2D eigenvalue weighted by molar-refractivity contribution is 7.15. The van der Waals surface area contributed by atoms with Crippen molar-refractivity contribution in [3.05, 3.63) is 100 Å². The van der Waals surface area contributed by atoms with Crippen LogP contribution in [0.3, 0.4) is 0 Å². The second-order valence-corrected chi connectivity index (χ2v) is 8.82. The minimum atomic E-state index is -0.164. The van der Waals surface area contributed by atoms with Crippen LogP contribution < -0.4 is 14.8 Å². The number of aromatic nitrogens is 2. The van der Waals surface area contributed by atoms with Gasteiger partial charge in [-0.3, -0.25) is 9.78 Å². The van der Waals surface area contributed by atoms with Crippen molar-refractivity contribution in [1.29, 1.82) is 0 Å². The first-order chi connectivity index (χ1) is 16.2. The summed E-state index contributed by atoms with van der Waals surface area (Å²) in [5, 5.41) is 3.37. The highest BCUT2D eigenvalue weighted by Crippen LogP contribution is 2.38. The van der Waals surface area contributed by atoms with Crippen molar-refractivity contribution < 1.29 is 14.3 Å². The molecule has 0 aliphatic carbocycles. The molecule has 1 unspecified atom stereocenters. The van der Waals surface area contributed by atoms with Gasteiger partial charge in [-0.25, -0.2) is 4.98 Å². The minimum Gasteiger partial charge on any atom is -0.485 e. The number of hydrogen-bond donors (Lipinski definition) is 1. The summed E-state index contributed by atoms with van der Waals surface area (Å²) in [5.41, 5.74) is 3.94. The Hall–Kier alpha value is -3.71. The lowest BCUT2D eigenvalue weighted by atomic mass is 9.97. The topological polar surface area (TPSA) is 73.3 Å². The molecule has 0 saturated carbocycles. The number of fused-ring (bicyclic) bond motifs is 1. The van der Waals surface area contributed by atoms with Gasteiger partial charge in [0, 0.05) is 18.9 Å². The van der Waals surface area contributed by atoms with E-state index in [-0.39, 0.29) is 12.0 Å². The summed E-state index contributed by atoms with van der Waals surface area (Å²) in [6, 6.07) is 19.9. The molecule has 7 heteroatoms. The maximum atomic E-state index is 12.6. The van der Waals surface area contributed by atoms with E-state index in [0.717, 1.165) is 29.7 Å². The molecule has 2 aromatic heterocycles. The van der Waals surface area contributed by atoms with Crippen LogP contribution in [-0.4, -0.2) is 15.9 Å². The van der Waals surface area contributed by atoms with Gasteiger partial charge in [0.25, 0.3) is 11.1 Å². The molecular weight excluding hydrogens is 434 g/mol. The van der Waals surface area contributed by atoms with E-state index in [2.05, 4.69) is 27.4 Å². The fraction of sp³-hybridized carbons (Fsp3) is 0.192.